The van der Waals surface area contributed by atoms with Gasteiger partial charge in [0.15, 0.2) is 5.96 Å². The van der Waals surface area contributed by atoms with Crippen molar-refractivity contribution in [3.63, 3.8) is 0 Å². The zero-order valence-electron chi connectivity index (χ0n) is 16.2. The van der Waals surface area contributed by atoms with Crippen LogP contribution in [0.4, 0.5) is 0 Å². The molecule has 0 aliphatic rings. The van der Waals surface area contributed by atoms with Crippen LogP contribution in [-0.4, -0.2) is 27.8 Å². The highest BCUT2D eigenvalue weighted by molar-refractivity contribution is 14.0. The Kier molecular flexibility index (Phi) is 8.24. The monoisotopic (exact) mass is 492 g/mol. The molecule has 0 atom stereocenters. The summed E-state index contributed by atoms with van der Waals surface area (Å²) in [4.78, 5) is 8.45. The maximum Gasteiger partial charge on any atom is 0.191 e. The molecule has 0 bridgehead atoms. The van der Waals surface area contributed by atoms with Gasteiger partial charge in [0.1, 0.15) is 23.7 Å². The van der Waals surface area contributed by atoms with Crippen molar-refractivity contribution in [2.45, 2.75) is 20.0 Å². The average molecular weight is 492 g/mol. The minimum Gasteiger partial charge on any atom is -0.457 e. The largest absolute Gasteiger partial charge is 0.457 e. The highest BCUT2D eigenvalue weighted by Gasteiger charge is 2.07. The highest BCUT2D eigenvalue weighted by Crippen LogP contribution is 2.25. The summed E-state index contributed by atoms with van der Waals surface area (Å²) in [6.45, 7) is 3.18. The first-order valence-corrected chi connectivity index (χ1v) is 8.75. The Morgan fingerprint density at radius 3 is 2.46 bits per heavy atom. The van der Waals surface area contributed by atoms with Gasteiger partial charge in [0, 0.05) is 26.2 Å². The van der Waals surface area contributed by atoms with Crippen molar-refractivity contribution in [2.75, 3.05) is 7.05 Å². The second-order valence-corrected chi connectivity index (χ2v) is 6.10. The molecule has 0 spiro atoms. The number of nitrogens with one attached hydrogen (secondary N) is 2. The number of aromatic nitrogens is 3. The number of nitrogens with zero attached hydrogens (tertiary/aromatic N) is 4. The molecule has 3 rings (SSSR count). The standard InChI is InChI=1S/C20H24N6O.HI/c1-15-8-10-17(11-9-15)27-18-7-5-4-6-16(18)12-22-20(21-2)23-13-19-24-14-25-26(19)3;/h4-11,14H,12-13H2,1-3H3,(H2,21,22,23);1H. The summed E-state index contributed by atoms with van der Waals surface area (Å²) >= 11 is 0. The van der Waals surface area contributed by atoms with Crippen molar-refractivity contribution in [3.05, 3.63) is 71.8 Å². The number of guanidine groups is 1. The molecule has 1 aromatic heterocycles. The summed E-state index contributed by atoms with van der Waals surface area (Å²) < 4.78 is 7.77. The van der Waals surface area contributed by atoms with E-state index >= 15 is 0 Å². The van der Waals surface area contributed by atoms with Gasteiger partial charge in [-0.15, -0.1) is 24.0 Å². The van der Waals surface area contributed by atoms with Gasteiger partial charge in [-0.05, 0) is 25.1 Å². The molecule has 3 aromatic rings. The first kappa shape index (κ1) is 21.7. The van der Waals surface area contributed by atoms with E-state index in [4.69, 9.17) is 4.74 Å². The lowest BCUT2D eigenvalue weighted by Crippen LogP contribution is -2.37. The van der Waals surface area contributed by atoms with Crippen LogP contribution >= 0.6 is 24.0 Å². The lowest BCUT2D eigenvalue weighted by molar-refractivity contribution is 0.475. The Labute approximate surface area is 182 Å². The zero-order chi connectivity index (χ0) is 19.1. The fourth-order valence-corrected chi connectivity index (χ4v) is 2.53. The summed E-state index contributed by atoms with van der Waals surface area (Å²) in [5.74, 6) is 3.15. The van der Waals surface area contributed by atoms with Gasteiger partial charge >= 0.3 is 0 Å². The quantitative estimate of drug-likeness (QED) is 0.314. The number of para-hydroxylation sites is 1. The van der Waals surface area contributed by atoms with E-state index in [-0.39, 0.29) is 24.0 Å². The molecular weight excluding hydrogens is 467 g/mol. The normalized spacial score (nSPS) is 10.9. The van der Waals surface area contributed by atoms with Gasteiger partial charge in [0.05, 0.1) is 6.54 Å². The molecule has 0 unspecified atom stereocenters. The number of aliphatic imine (C=N–C) groups is 1. The lowest BCUT2D eigenvalue weighted by Gasteiger charge is -2.14. The van der Waals surface area contributed by atoms with Crippen LogP contribution < -0.4 is 15.4 Å². The maximum absolute atomic E-state index is 6.04. The molecule has 0 aliphatic carbocycles. The van der Waals surface area contributed by atoms with E-state index in [1.165, 1.54) is 11.9 Å². The van der Waals surface area contributed by atoms with Crippen LogP contribution in [0.1, 0.15) is 17.0 Å². The molecule has 0 aliphatic heterocycles. The van der Waals surface area contributed by atoms with Crippen LogP contribution in [0.5, 0.6) is 11.5 Å². The summed E-state index contributed by atoms with van der Waals surface area (Å²) in [6, 6.07) is 16.0. The third kappa shape index (κ3) is 5.95. The number of hydrogen-bond acceptors (Lipinski definition) is 4. The summed E-state index contributed by atoms with van der Waals surface area (Å²) in [6.07, 6.45) is 1.53. The molecule has 7 nitrogen and oxygen atoms in total. The Balaban J connectivity index is 0.00000280. The number of aryl methyl sites for hydroxylation is 2. The number of hydrogen-bond donors (Lipinski definition) is 2. The van der Waals surface area contributed by atoms with Crippen molar-refractivity contribution >= 4 is 29.9 Å². The van der Waals surface area contributed by atoms with Crippen LogP contribution in [0, 0.1) is 6.92 Å². The van der Waals surface area contributed by atoms with E-state index in [0.717, 1.165) is 22.9 Å². The van der Waals surface area contributed by atoms with E-state index in [1.54, 1.807) is 11.7 Å². The van der Waals surface area contributed by atoms with Gasteiger partial charge in [-0.25, -0.2) is 4.98 Å². The molecular formula is C20H25IN6O. The third-order valence-corrected chi connectivity index (χ3v) is 4.11. The summed E-state index contributed by atoms with van der Waals surface area (Å²) in [5.41, 5.74) is 2.25. The molecule has 2 aromatic carbocycles. The average Bonchev–Trinajstić information content (AvgIpc) is 3.10. The Morgan fingerprint density at radius 1 is 1.07 bits per heavy atom. The van der Waals surface area contributed by atoms with E-state index in [2.05, 4.69) is 32.6 Å². The molecule has 1 heterocycles. The minimum atomic E-state index is 0. The van der Waals surface area contributed by atoms with Gasteiger partial charge in [-0.2, -0.15) is 5.10 Å². The predicted molar refractivity (Wildman–Crippen MR) is 121 cm³/mol. The van der Waals surface area contributed by atoms with E-state index in [1.807, 2.05) is 55.6 Å². The molecule has 0 radical (unpaired) electrons. The molecule has 2 N–H and O–H groups in total. The van der Waals surface area contributed by atoms with E-state index < -0.39 is 0 Å². The first-order valence-electron chi connectivity index (χ1n) is 8.75. The third-order valence-electron chi connectivity index (χ3n) is 4.11. The Hall–Kier alpha value is -2.62. The Morgan fingerprint density at radius 2 is 1.79 bits per heavy atom. The number of ether oxygens (including phenoxy) is 1. The fourth-order valence-electron chi connectivity index (χ4n) is 2.53. The van der Waals surface area contributed by atoms with Crippen LogP contribution in [0.15, 0.2) is 59.9 Å². The molecule has 8 heteroatoms. The van der Waals surface area contributed by atoms with Crippen LogP contribution in [0.25, 0.3) is 0 Å². The molecule has 0 amide bonds. The van der Waals surface area contributed by atoms with Crippen molar-refractivity contribution in [1.82, 2.24) is 25.4 Å². The topological polar surface area (TPSA) is 76.4 Å². The maximum atomic E-state index is 6.04. The number of halogens is 1. The van der Waals surface area contributed by atoms with Crippen LogP contribution in [0.2, 0.25) is 0 Å². The van der Waals surface area contributed by atoms with Gasteiger partial charge in [0.25, 0.3) is 0 Å². The summed E-state index contributed by atoms with van der Waals surface area (Å²) in [7, 11) is 3.60. The van der Waals surface area contributed by atoms with E-state index in [9.17, 15) is 0 Å². The second kappa shape index (κ2) is 10.6. The fraction of sp³-hybridized carbons (Fsp3) is 0.250. The second-order valence-electron chi connectivity index (χ2n) is 6.10. The molecule has 148 valence electrons. The van der Waals surface area contributed by atoms with Gasteiger partial charge in [-0.3, -0.25) is 9.67 Å². The first-order chi connectivity index (χ1) is 13.2. The zero-order valence-corrected chi connectivity index (χ0v) is 18.5. The van der Waals surface area contributed by atoms with Gasteiger partial charge in [0.2, 0.25) is 0 Å². The van der Waals surface area contributed by atoms with Crippen LogP contribution in [-0.2, 0) is 20.1 Å². The molecule has 0 saturated heterocycles. The lowest BCUT2D eigenvalue weighted by atomic mass is 10.2. The molecule has 28 heavy (non-hydrogen) atoms. The highest BCUT2D eigenvalue weighted by atomic mass is 127. The van der Waals surface area contributed by atoms with Crippen molar-refractivity contribution < 1.29 is 4.74 Å². The molecule has 0 fully saturated rings. The summed E-state index contributed by atoms with van der Waals surface area (Å²) in [5, 5.41) is 10.6. The SMILES string of the molecule is CN=C(NCc1ccccc1Oc1ccc(C)cc1)NCc1ncnn1C.I. The number of benzene rings is 2. The number of rotatable bonds is 6. The predicted octanol–water partition coefficient (Wildman–Crippen LogP) is 3.40. The minimum absolute atomic E-state index is 0. The van der Waals surface area contributed by atoms with Crippen molar-refractivity contribution in [3.8, 4) is 11.5 Å². The van der Waals surface area contributed by atoms with Crippen LogP contribution in [0.3, 0.4) is 0 Å². The van der Waals surface area contributed by atoms with E-state index in [0.29, 0.717) is 19.0 Å². The molecule has 0 saturated carbocycles. The van der Waals surface area contributed by atoms with Crippen molar-refractivity contribution in [2.24, 2.45) is 12.0 Å². The van der Waals surface area contributed by atoms with Crippen molar-refractivity contribution in [1.29, 1.82) is 0 Å². The van der Waals surface area contributed by atoms with Gasteiger partial charge < -0.3 is 15.4 Å². The van der Waals surface area contributed by atoms with Gasteiger partial charge in [-0.1, -0.05) is 35.9 Å². The smallest absolute Gasteiger partial charge is 0.191 e. The Bertz CT molecular complexity index is 907.